The molecule has 0 unspecified atom stereocenters. The van der Waals surface area contributed by atoms with Gasteiger partial charge in [0.05, 0.1) is 5.54 Å². The number of nitrogens with zero attached hydrogens (tertiary/aromatic N) is 2. The lowest BCUT2D eigenvalue weighted by atomic mass is 9.81. The molecule has 5 nitrogen and oxygen atoms in total. The number of amides is 2. The second kappa shape index (κ2) is 7.20. The van der Waals surface area contributed by atoms with Crippen LogP contribution in [-0.2, 0) is 9.59 Å². The maximum absolute atomic E-state index is 12.8. The molecule has 2 aliphatic carbocycles. The Balaban J connectivity index is 1.51. The van der Waals surface area contributed by atoms with E-state index in [1.54, 1.807) is 0 Å². The number of piperazine rings is 1. The maximum Gasteiger partial charge on any atom is 0.242 e. The lowest BCUT2D eigenvalue weighted by Crippen LogP contribution is -2.61. The van der Waals surface area contributed by atoms with Crippen molar-refractivity contribution in [2.45, 2.75) is 69.7 Å². The van der Waals surface area contributed by atoms with Crippen LogP contribution in [0.3, 0.4) is 0 Å². The molecule has 1 heterocycles. The number of nitrogens with two attached hydrogens (primary N) is 1. The van der Waals surface area contributed by atoms with Crippen molar-refractivity contribution in [3.8, 4) is 0 Å². The van der Waals surface area contributed by atoms with Crippen LogP contribution in [0, 0.1) is 5.92 Å². The summed E-state index contributed by atoms with van der Waals surface area (Å²) in [4.78, 5) is 29.2. The standard InChI is InChI=1S/C18H31N3O2/c19-18(9-5-2-6-10-18)17(23)21-13-11-20(12-14-21)16(22)15-7-3-1-4-8-15/h15H,1-14,19H2. The zero-order chi connectivity index (χ0) is 16.3. The Bertz CT molecular complexity index is 432. The smallest absolute Gasteiger partial charge is 0.242 e. The summed E-state index contributed by atoms with van der Waals surface area (Å²) in [5.74, 6) is 0.657. The highest BCUT2D eigenvalue weighted by atomic mass is 16.2. The number of hydrogen-bond acceptors (Lipinski definition) is 3. The normalized spacial score (nSPS) is 26.1. The van der Waals surface area contributed by atoms with E-state index in [1.165, 1.54) is 25.7 Å². The van der Waals surface area contributed by atoms with Gasteiger partial charge >= 0.3 is 0 Å². The molecule has 0 atom stereocenters. The summed E-state index contributed by atoms with van der Waals surface area (Å²) in [5.41, 5.74) is 5.73. The SMILES string of the molecule is NC1(C(=O)N2CCN(C(=O)C3CCCCC3)CC2)CCCCC1. The van der Waals surface area contributed by atoms with Crippen molar-refractivity contribution in [3.63, 3.8) is 0 Å². The summed E-state index contributed by atoms with van der Waals surface area (Å²) in [6.45, 7) is 2.65. The van der Waals surface area contributed by atoms with Gasteiger partial charge in [-0.2, -0.15) is 0 Å². The van der Waals surface area contributed by atoms with E-state index >= 15 is 0 Å². The first-order valence-electron chi connectivity index (χ1n) is 9.47. The van der Waals surface area contributed by atoms with Crippen LogP contribution in [0.1, 0.15) is 64.2 Å². The van der Waals surface area contributed by atoms with E-state index in [0.717, 1.165) is 38.5 Å². The van der Waals surface area contributed by atoms with Gasteiger partial charge in [0, 0.05) is 32.1 Å². The molecule has 23 heavy (non-hydrogen) atoms. The van der Waals surface area contributed by atoms with Gasteiger partial charge in [-0.3, -0.25) is 9.59 Å². The molecule has 2 amide bonds. The van der Waals surface area contributed by atoms with Crippen LogP contribution in [-0.4, -0.2) is 53.3 Å². The van der Waals surface area contributed by atoms with E-state index in [1.807, 2.05) is 9.80 Å². The minimum atomic E-state index is -0.645. The van der Waals surface area contributed by atoms with Crippen molar-refractivity contribution in [3.05, 3.63) is 0 Å². The van der Waals surface area contributed by atoms with Crippen LogP contribution >= 0.6 is 0 Å². The molecule has 0 aromatic heterocycles. The van der Waals surface area contributed by atoms with Crippen molar-refractivity contribution in [2.75, 3.05) is 26.2 Å². The molecule has 1 saturated heterocycles. The highest BCUT2D eigenvalue weighted by Crippen LogP contribution is 2.29. The Kier molecular flexibility index (Phi) is 5.24. The summed E-state index contributed by atoms with van der Waals surface area (Å²) >= 11 is 0. The molecule has 5 heteroatoms. The van der Waals surface area contributed by atoms with Gasteiger partial charge in [0.25, 0.3) is 0 Å². The monoisotopic (exact) mass is 321 g/mol. The van der Waals surface area contributed by atoms with Crippen molar-refractivity contribution in [1.82, 2.24) is 9.80 Å². The first-order chi connectivity index (χ1) is 11.1. The Hall–Kier alpha value is -1.10. The third kappa shape index (κ3) is 3.70. The molecule has 130 valence electrons. The van der Waals surface area contributed by atoms with E-state index in [4.69, 9.17) is 5.73 Å². The predicted octanol–water partition coefficient (Wildman–Crippen LogP) is 1.90. The first kappa shape index (κ1) is 16.7. The summed E-state index contributed by atoms with van der Waals surface area (Å²) in [5, 5.41) is 0. The fraction of sp³-hybridized carbons (Fsp3) is 0.889. The Morgan fingerprint density at radius 3 is 1.91 bits per heavy atom. The predicted molar refractivity (Wildman–Crippen MR) is 89.7 cm³/mol. The summed E-state index contributed by atoms with van der Waals surface area (Å²) < 4.78 is 0. The third-order valence-corrected chi connectivity index (χ3v) is 6.00. The van der Waals surface area contributed by atoms with Crippen molar-refractivity contribution in [1.29, 1.82) is 0 Å². The van der Waals surface area contributed by atoms with Crippen LogP contribution in [0.15, 0.2) is 0 Å². The Morgan fingerprint density at radius 1 is 0.783 bits per heavy atom. The third-order valence-electron chi connectivity index (χ3n) is 6.00. The van der Waals surface area contributed by atoms with Gasteiger partial charge in [-0.1, -0.05) is 38.5 Å². The maximum atomic E-state index is 12.8. The highest BCUT2D eigenvalue weighted by molar-refractivity contribution is 5.86. The van der Waals surface area contributed by atoms with Gasteiger partial charge in [-0.25, -0.2) is 0 Å². The topological polar surface area (TPSA) is 66.6 Å². The van der Waals surface area contributed by atoms with Gasteiger partial charge in [-0.05, 0) is 25.7 Å². The lowest BCUT2D eigenvalue weighted by Gasteiger charge is -2.41. The molecular formula is C18H31N3O2. The van der Waals surface area contributed by atoms with Gasteiger partial charge in [-0.15, -0.1) is 0 Å². The molecule has 2 N–H and O–H groups in total. The van der Waals surface area contributed by atoms with Crippen LogP contribution in [0.4, 0.5) is 0 Å². The summed E-state index contributed by atoms with van der Waals surface area (Å²) in [7, 11) is 0. The lowest BCUT2D eigenvalue weighted by molar-refractivity contribution is -0.146. The van der Waals surface area contributed by atoms with E-state index in [0.29, 0.717) is 32.1 Å². The quantitative estimate of drug-likeness (QED) is 0.845. The molecule has 3 rings (SSSR count). The first-order valence-corrected chi connectivity index (χ1v) is 9.47. The van der Waals surface area contributed by atoms with Crippen LogP contribution in [0.2, 0.25) is 0 Å². The summed E-state index contributed by atoms with van der Waals surface area (Å²) in [6.07, 6.45) is 10.7. The van der Waals surface area contributed by atoms with Gasteiger partial charge < -0.3 is 15.5 Å². The average Bonchev–Trinajstić information content (AvgIpc) is 2.62. The van der Waals surface area contributed by atoms with E-state index in [-0.39, 0.29) is 11.8 Å². The van der Waals surface area contributed by atoms with Crippen LogP contribution in [0.5, 0.6) is 0 Å². The molecule has 0 spiro atoms. The fourth-order valence-electron chi connectivity index (χ4n) is 4.45. The second-order valence-electron chi connectivity index (χ2n) is 7.67. The number of rotatable bonds is 2. The number of hydrogen-bond donors (Lipinski definition) is 1. The number of carbonyl (C=O) groups excluding carboxylic acids is 2. The fourth-order valence-corrected chi connectivity index (χ4v) is 4.45. The largest absolute Gasteiger partial charge is 0.339 e. The van der Waals surface area contributed by atoms with E-state index < -0.39 is 5.54 Å². The van der Waals surface area contributed by atoms with Gasteiger partial charge in [0.2, 0.25) is 11.8 Å². The van der Waals surface area contributed by atoms with Gasteiger partial charge in [0.1, 0.15) is 0 Å². The molecule has 0 aromatic carbocycles. The molecule has 0 radical (unpaired) electrons. The highest BCUT2D eigenvalue weighted by Gasteiger charge is 2.39. The second-order valence-corrected chi connectivity index (χ2v) is 7.67. The molecule has 3 aliphatic rings. The zero-order valence-corrected chi connectivity index (χ0v) is 14.3. The van der Waals surface area contributed by atoms with Crippen LogP contribution in [0.25, 0.3) is 0 Å². The van der Waals surface area contributed by atoms with Crippen LogP contribution < -0.4 is 5.73 Å². The molecular weight excluding hydrogens is 290 g/mol. The van der Waals surface area contributed by atoms with E-state index in [2.05, 4.69) is 0 Å². The molecule has 2 saturated carbocycles. The summed E-state index contributed by atoms with van der Waals surface area (Å²) in [6, 6.07) is 0. The minimum Gasteiger partial charge on any atom is -0.339 e. The number of carbonyl (C=O) groups is 2. The minimum absolute atomic E-state index is 0.113. The van der Waals surface area contributed by atoms with Crippen molar-refractivity contribution in [2.24, 2.45) is 11.7 Å². The van der Waals surface area contributed by atoms with E-state index in [9.17, 15) is 9.59 Å². The zero-order valence-electron chi connectivity index (χ0n) is 14.3. The average molecular weight is 321 g/mol. The molecule has 0 aromatic rings. The Labute approximate surface area is 139 Å². The van der Waals surface area contributed by atoms with Gasteiger partial charge in [0.15, 0.2) is 0 Å². The molecule has 3 fully saturated rings. The van der Waals surface area contributed by atoms with Crippen molar-refractivity contribution >= 4 is 11.8 Å². The Morgan fingerprint density at radius 2 is 1.30 bits per heavy atom. The molecule has 1 aliphatic heterocycles. The molecule has 0 bridgehead atoms. The van der Waals surface area contributed by atoms with Crippen molar-refractivity contribution < 1.29 is 9.59 Å².